The van der Waals surface area contributed by atoms with Crippen LogP contribution < -0.4 is 10.6 Å². The number of para-hydroxylation sites is 1. The van der Waals surface area contributed by atoms with Gasteiger partial charge >= 0.3 is 0 Å². The first kappa shape index (κ1) is 14.3. The van der Waals surface area contributed by atoms with Crippen molar-refractivity contribution in [3.05, 3.63) is 29.6 Å². The van der Waals surface area contributed by atoms with Crippen molar-refractivity contribution < 1.29 is 9.50 Å². The van der Waals surface area contributed by atoms with Crippen LogP contribution >= 0.6 is 0 Å². The van der Waals surface area contributed by atoms with Crippen LogP contribution in [0.4, 0.5) is 10.1 Å². The van der Waals surface area contributed by atoms with Gasteiger partial charge in [-0.05, 0) is 44.7 Å². The molecule has 1 fully saturated rings. The molecule has 0 amide bonds. The minimum atomic E-state index is -0.644. The third-order valence-electron chi connectivity index (χ3n) is 3.89. The maximum Gasteiger partial charge on any atom is 0.146 e. The molecule has 1 unspecified atom stereocenters. The summed E-state index contributed by atoms with van der Waals surface area (Å²) in [5, 5.41) is 10.1. The maximum absolute atomic E-state index is 14.2. The molecule has 1 aromatic carbocycles. The fraction of sp³-hybridized carbons (Fsp3) is 0.600. The molecule has 0 bridgehead atoms. The predicted molar refractivity (Wildman–Crippen MR) is 75.7 cm³/mol. The van der Waals surface area contributed by atoms with Crippen molar-refractivity contribution >= 4 is 5.69 Å². The fourth-order valence-electron chi connectivity index (χ4n) is 2.72. The zero-order valence-corrected chi connectivity index (χ0v) is 11.7. The maximum atomic E-state index is 14.2. The highest BCUT2D eigenvalue weighted by molar-refractivity contribution is 5.56. The number of benzene rings is 1. The minimum Gasteiger partial charge on any atom is -0.390 e. The molecule has 2 rings (SSSR count). The molecule has 2 atom stereocenters. The predicted octanol–water partition coefficient (Wildman–Crippen LogP) is 2.59. The van der Waals surface area contributed by atoms with Crippen LogP contribution in [0.15, 0.2) is 18.2 Å². The van der Waals surface area contributed by atoms with Gasteiger partial charge in [0.1, 0.15) is 5.82 Å². The van der Waals surface area contributed by atoms with Gasteiger partial charge in [-0.1, -0.05) is 12.1 Å². The molecule has 0 radical (unpaired) electrons. The van der Waals surface area contributed by atoms with Crippen molar-refractivity contribution in [2.24, 2.45) is 5.73 Å². The number of rotatable bonds is 2. The molecule has 1 heterocycles. The highest BCUT2D eigenvalue weighted by Crippen LogP contribution is 2.32. The Labute approximate surface area is 114 Å². The summed E-state index contributed by atoms with van der Waals surface area (Å²) in [4.78, 5) is 2.02. The zero-order valence-electron chi connectivity index (χ0n) is 11.7. The second-order valence-electron chi connectivity index (χ2n) is 5.80. The summed E-state index contributed by atoms with van der Waals surface area (Å²) in [5.74, 6) is -0.226. The highest BCUT2D eigenvalue weighted by Gasteiger charge is 2.27. The van der Waals surface area contributed by atoms with Crippen LogP contribution in [0, 0.1) is 5.82 Å². The number of nitrogens with two attached hydrogens (primary N) is 1. The summed E-state index contributed by atoms with van der Waals surface area (Å²) in [6.07, 6.45) is 2.27. The lowest BCUT2D eigenvalue weighted by molar-refractivity contribution is 0.0481. The lowest BCUT2D eigenvalue weighted by Crippen LogP contribution is -2.30. The molecule has 4 heteroatoms. The van der Waals surface area contributed by atoms with Crippen LogP contribution in [-0.4, -0.2) is 23.8 Å². The Balaban J connectivity index is 2.31. The van der Waals surface area contributed by atoms with Gasteiger partial charge in [0.05, 0.1) is 11.3 Å². The average molecular weight is 266 g/mol. The molecule has 1 aliphatic rings. The number of halogens is 1. The van der Waals surface area contributed by atoms with Crippen LogP contribution in [0.3, 0.4) is 0 Å². The van der Waals surface area contributed by atoms with Crippen LogP contribution in [0.2, 0.25) is 0 Å². The molecule has 106 valence electrons. The van der Waals surface area contributed by atoms with E-state index in [-0.39, 0.29) is 11.9 Å². The van der Waals surface area contributed by atoms with Gasteiger partial charge in [-0.15, -0.1) is 0 Å². The zero-order chi connectivity index (χ0) is 14.0. The monoisotopic (exact) mass is 266 g/mol. The molecule has 0 spiro atoms. The molecule has 1 aliphatic heterocycles. The Kier molecular flexibility index (Phi) is 4.11. The average Bonchev–Trinajstić information content (AvgIpc) is 2.50. The summed E-state index contributed by atoms with van der Waals surface area (Å²) >= 11 is 0. The first-order valence-corrected chi connectivity index (χ1v) is 6.92. The highest BCUT2D eigenvalue weighted by atomic mass is 19.1. The Morgan fingerprint density at radius 3 is 2.79 bits per heavy atom. The molecule has 19 heavy (non-hydrogen) atoms. The molecule has 3 N–H and O–H groups in total. The fourth-order valence-corrected chi connectivity index (χ4v) is 2.72. The molecular formula is C15H23FN2O. The van der Waals surface area contributed by atoms with Crippen molar-refractivity contribution in [3.8, 4) is 0 Å². The van der Waals surface area contributed by atoms with Crippen LogP contribution in [0.25, 0.3) is 0 Å². The summed E-state index contributed by atoms with van der Waals surface area (Å²) in [7, 11) is 0. The van der Waals surface area contributed by atoms with Crippen LogP contribution in [0.5, 0.6) is 0 Å². The molecule has 0 saturated carbocycles. The largest absolute Gasteiger partial charge is 0.390 e. The molecule has 3 nitrogen and oxygen atoms in total. The van der Waals surface area contributed by atoms with Crippen LogP contribution in [0.1, 0.15) is 44.7 Å². The Hall–Kier alpha value is -1.13. The summed E-state index contributed by atoms with van der Waals surface area (Å²) in [6, 6.07) is 4.86. The van der Waals surface area contributed by atoms with Crippen LogP contribution in [-0.2, 0) is 0 Å². The molecule has 1 saturated heterocycles. The second-order valence-corrected chi connectivity index (χ2v) is 5.80. The number of nitrogens with zero attached hydrogens (tertiary/aromatic N) is 1. The van der Waals surface area contributed by atoms with E-state index >= 15 is 0 Å². The van der Waals surface area contributed by atoms with Crippen molar-refractivity contribution in [2.45, 2.75) is 44.8 Å². The number of anilines is 1. The van der Waals surface area contributed by atoms with Crippen molar-refractivity contribution in [1.29, 1.82) is 0 Å². The number of aliphatic hydroxyl groups is 1. The second kappa shape index (κ2) is 5.47. The van der Waals surface area contributed by atoms with Crippen molar-refractivity contribution in [2.75, 3.05) is 18.0 Å². The first-order chi connectivity index (χ1) is 8.91. The molecule has 1 aromatic rings. The van der Waals surface area contributed by atoms with Gasteiger partial charge in [0.15, 0.2) is 0 Å². The lowest BCUT2D eigenvalue weighted by Gasteiger charge is -2.28. The van der Waals surface area contributed by atoms with Gasteiger partial charge in [-0.3, -0.25) is 0 Å². The van der Waals surface area contributed by atoms with E-state index in [1.54, 1.807) is 6.07 Å². The quantitative estimate of drug-likeness (QED) is 0.865. The van der Waals surface area contributed by atoms with Gasteiger partial charge in [-0.2, -0.15) is 0 Å². The summed E-state index contributed by atoms with van der Waals surface area (Å²) < 4.78 is 14.2. The third-order valence-corrected chi connectivity index (χ3v) is 3.89. The molecule has 0 aromatic heterocycles. The van der Waals surface area contributed by atoms with E-state index in [9.17, 15) is 9.50 Å². The van der Waals surface area contributed by atoms with Crippen molar-refractivity contribution in [1.82, 2.24) is 0 Å². The Morgan fingerprint density at radius 2 is 2.11 bits per heavy atom. The minimum absolute atomic E-state index is 0.200. The van der Waals surface area contributed by atoms with E-state index in [0.717, 1.165) is 24.9 Å². The normalized spacial score (nSPS) is 26.1. The SMILES string of the molecule is C[C@H](N)c1cccc(F)c1N1CCCC(C)(O)CC1. The topological polar surface area (TPSA) is 49.5 Å². The standard InChI is InChI=1S/C15H23FN2O/c1-11(17)12-5-3-6-13(16)14(12)18-9-4-7-15(2,19)8-10-18/h3,5-6,11,19H,4,7-10,17H2,1-2H3/t11-,15?/m0/s1. The number of hydrogen-bond donors (Lipinski definition) is 2. The smallest absolute Gasteiger partial charge is 0.146 e. The van der Waals surface area contributed by atoms with Crippen molar-refractivity contribution in [3.63, 3.8) is 0 Å². The van der Waals surface area contributed by atoms with E-state index in [1.165, 1.54) is 6.07 Å². The van der Waals surface area contributed by atoms with E-state index in [4.69, 9.17) is 5.73 Å². The van der Waals surface area contributed by atoms with Gasteiger partial charge in [0.25, 0.3) is 0 Å². The van der Waals surface area contributed by atoms with E-state index in [0.29, 0.717) is 18.7 Å². The third kappa shape index (κ3) is 3.25. The van der Waals surface area contributed by atoms with Gasteiger partial charge in [0.2, 0.25) is 0 Å². The van der Waals surface area contributed by atoms with Gasteiger partial charge < -0.3 is 15.7 Å². The van der Waals surface area contributed by atoms with E-state index in [1.807, 2.05) is 24.8 Å². The molecule has 0 aliphatic carbocycles. The molecular weight excluding hydrogens is 243 g/mol. The van der Waals surface area contributed by atoms with Gasteiger partial charge in [-0.25, -0.2) is 4.39 Å². The lowest BCUT2D eigenvalue weighted by atomic mass is 9.98. The summed E-state index contributed by atoms with van der Waals surface area (Å²) in [6.45, 7) is 5.14. The Bertz CT molecular complexity index is 446. The number of hydrogen-bond acceptors (Lipinski definition) is 3. The van der Waals surface area contributed by atoms with E-state index < -0.39 is 5.60 Å². The Morgan fingerprint density at radius 1 is 1.37 bits per heavy atom. The van der Waals surface area contributed by atoms with E-state index in [2.05, 4.69) is 0 Å². The van der Waals surface area contributed by atoms with Gasteiger partial charge in [0, 0.05) is 19.1 Å². The first-order valence-electron chi connectivity index (χ1n) is 6.92. The summed E-state index contributed by atoms with van der Waals surface area (Å²) in [5.41, 5.74) is 6.74.